The second kappa shape index (κ2) is 8.47. The number of fused-ring (bicyclic) bond motifs is 3. The molecule has 150 valence electrons. The maximum absolute atomic E-state index is 6.40. The predicted molar refractivity (Wildman–Crippen MR) is 119 cm³/mol. The Morgan fingerprint density at radius 1 is 0.857 bits per heavy atom. The van der Waals surface area contributed by atoms with E-state index in [0.29, 0.717) is 12.0 Å². The van der Waals surface area contributed by atoms with Crippen LogP contribution in [0.2, 0.25) is 0 Å². The van der Waals surface area contributed by atoms with Crippen molar-refractivity contribution in [2.45, 2.75) is 64.0 Å². The van der Waals surface area contributed by atoms with Crippen LogP contribution in [0.1, 0.15) is 62.2 Å². The minimum Gasteiger partial charge on any atom is -0.381 e. The van der Waals surface area contributed by atoms with Crippen LogP contribution in [0.3, 0.4) is 0 Å². The number of rotatable bonds is 2. The Balaban J connectivity index is 0.00000192. The lowest BCUT2D eigenvalue weighted by atomic mass is 9.71. The van der Waals surface area contributed by atoms with Crippen molar-refractivity contribution in [2.75, 3.05) is 11.9 Å². The van der Waals surface area contributed by atoms with Crippen molar-refractivity contribution in [3.05, 3.63) is 53.6 Å². The van der Waals surface area contributed by atoms with Crippen molar-refractivity contribution >= 4 is 18.1 Å². The summed E-state index contributed by atoms with van der Waals surface area (Å²) >= 11 is 0. The zero-order valence-corrected chi connectivity index (χ0v) is 17.6. The third-order valence-corrected chi connectivity index (χ3v) is 7.05. The Kier molecular flexibility index (Phi) is 5.99. The van der Waals surface area contributed by atoms with Gasteiger partial charge in [0.1, 0.15) is 0 Å². The van der Waals surface area contributed by atoms with Crippen molar-refractivity contribution in [2.24, 2.45) is 11.8 Å². The van der Waals surface area contributed by atoms with Gasteiger partial charge in [0.15, 0.2) is 0 Å². The topological polar surface area (TPSA) is 21.3 Å². The highest BCUT2D eigenvalue weighted by Gasteiger charge is 2.42. The Bertz CT molecular complexity index is 797. The van der Waals surface area contributed by atoms with E-state index in [1.807, 2.05) is 0 Å². The highest BCUT2D eigenvalue weighted by molar-refractivity contribution is 5.85. The summed E-state index contributed by atoms with van der Waals surface area (Å²) in [5, 5.41) is 3.97. The fourth-order valence-corrected chi connectivity index (χ4v) is 5.60. The molecule has 0 aromatic heterocycles. The van der Waals surface area contributed by atoms with Gasteiger partial charge < -0.3 is 10.1 Å². The largest absolute Gasteiger partial charge is 0.381 e. The van der Waals surface area contributed by atoms with Crippen LogP contribution in [0.25, 0.3) is 11.1 Å². The summed E-state index contributed by atoms with van der Waals surface area (Å²) in [6, 6.07) is 16.4. The number of benzene rings is 2. The van der Waals surface area contributed by atoms with Gasteiger partial charge in [-0.3, -0.25) is 0 Å². The second-order valence-corrected chi connectivity index (χ2v) is 8.83. The summed E-state index contributed by atoms with van der Waals surface area (Å²) in [6.07, 6.45) is 9.78. The van der Waals surface area contributed by atoms with E-state index in [-0.39, 0.29) is 18.5 Å². The molecule has 3 atom stereocenters. The average molecular weight is 398 g/mol. The molecule has 2 heterocycles. The molecular weight excluding hydrogens is 366 g/mol. The van der Waals surface area contributed by atoms with Crippen LogP contribution in [0.4, 0.5) is 5.69 Å². The van der Waals surface area contributed by atoms with Gasteiger partial charge in [-0.1, -0.05) is 55.2 Å². The van der Waals surface area contributed by atoms with Crippen LogP contribution >= 0.6 is 12.4 Å². The summed E-state index contributed by atoms with van der Waals surface area (Å²) in [5.41, 5.74) is 6.60. The molecule has 0 bridgehead atoms. The van der Waals surface area contributed by atoms with Crippen molar-refractivity contribution in [1.82, 2.24) is 0 Å². The lowest BCUT2D eigenvalue weighted by Crippen LogP contribution is -2.46. The first-order valence-electron chi connectivity index (χ1n) is 10.9. The molecule has 28 heavy (non-hydrogen) atoms. The molecule has 2 nitrogen and oxygen atoms in total. The lowest BCUT2D eigenvalue weighted by molar-refractivity contribution is -0.0457. The maximum atomic E-state index is 6.40. The van der Waals surface area contributed by atoms with Gasteiger partial charge in [-0.05, 0) is 61.8 Å². The molecule has 2 aromatic rings. The smallest absolute Gasteiger partial charge is 0.0892 e. The number of halogens is 1. The van der Waals surface area contributed by atoms with Crippen molar-refractivity contribution in [1.29, 1.82) is 0 Å². The Labute approximate surface area is 175 Å². The highest BCUT2D eigenvalue weighted by atomic mass is 35.5. The fourth-order valence-electron chi connectivity index (χ4n) is 5.60. The Morgan fingerprint density at radius 3 is 2.39 bits per heavy atom. The minimum absolute atomic E-state index is 0. The number of aryl methyl sites for hydroxylation is 1. The van der Waals surface area contributed by atoms with Crippen LogP contribution in [-0.2, 0) is 4.74 Å². The standard InChI is InChI=1S/C25H31NO.ClH/c1-17-9-11-18(12-10-17)20-13-14-23-22(16-20)25-21(8-5-15-27-25)24(26-23)19-6-3-2-4-7-19;/h9-14,16,19,21,24-26H,2-8,15H2,1H3;1H/t21-,24+,25-;/m0./s1. The second-order valence-electron chi connectivity index (χ2n) is 8.83. The third kappa shape index (κ3) is 3.69. The Morgan fingerprint density at radius 2 is 1.61 bits per heavy atom. The first kappa shape index (κ1) is 19.8. The van der Waals surface area contributed by atoms with E-state index in [2.05, 4.69) is 54.7 Å². The average Bonchev–Trinajstić information content (AvgIpc) is 2.74. The number of hydrogen-bond acceptors (Lipinski definition) is 2. The summed E-state index contributed by atoms with van der Waals surface area (Å²) in [5.74, 6) is 1.44. The monoisotopic (exact) mass is 397 g/mol. The third-order valence-electron chi connectivity index (χ3n) is 7.05. The van der Waals surface area contributed by atoms with E-state index in [9.17, 15) is 0 Å². The van der Waals surface area contributed by atoms with Crippen LogP contribution < -0.4 is 5.32 Å². The molecular formula is C25H32ClNO. The van der Waals surface area contributed by atoms with E-state index in [1.165, 1.54) is 72.9 Å². The number of anilines is 1. The van der Waals surface area contributed by atoms with Crippen LogP contribution in [-0.4, -0.2) is 12.6 Å². The van der Waals surface area contributed by atoms with Gasteiger partial charge in [0.25, 0.3) is 0 Å². The van der Waals surface area contributed by atoms with Gasteiger partial charge in [0, 0.05) is 29.8 Å². The quantitative estimate of drug-likeness (QED) is 0.593. The maximum Gasteiger partial charge on any atom is 0.0892 e. The van der Waals surface area contributed by atoms with E-state index in [0.717, 1.165) is 12.5 Å². The SMILES string of the molecule is Cc1ccc(-c2ccc3c(c2)[C@H]2OCCC[C@H]2[C@@H](C2CCCCC2)N3)cc1.Cl. The van der Waals surface area contributed by atoms with E-state index >= 15 is 0 Å². The molecule has 2 fully saturated rings. The number of hydrogen-bond donors (Lipinski definition) is 1. The molecule has 5 rings (SSSR count). The summed E-state index contributed by atoms with van der Waals surface area (Å²) in [4.78, 5) is 0. The highest BCUT2D eigenvalue weighted by Crippen LogP contribution is 2.48. The van der Waals surface area contributed by atoms with E-state index < -0.39 is 0 Å². The molecule has 2 aliphatic heterocycles. The molecule has 0 unspecified atom stereocenters. The Hall–Kier alpha value is -1.51. The number of nitrogens with one attached hydrogen (secondary N) is 1. The van der Waals surface area contributed by atoms with Crippen LogP contribution in [0, 0.1) is 18.8 Å². The normalized spacial score (nSPS) is 27.1. The summed E-state index contributed by atoms with van der Waals surface area (Å²) < 4.78 is 6.40. The molecule has 0 amide bonds. The van der Waals surface area contributed by atoms with E-state index in [1.54, 1.807) is 0 Å². The lowest BCUT2D eigenvalue weighted by Gasteiger charge is -2.47. The molecule has 1 saturated carbocycles. The first-order valence-corrected chi connectivity index (χ1v) is 10.9. The zero-order valence-electron chi connectivity index (χ0n) is 16.8. The van der Waals surface area contributed by atoms with Crippen molar-refractivity contribution in [3.63, 3.8) is 0 Å². The van der Waals surface area contributed by atoms with Crippen LogP contribution in [0.15, 0.2) is 42.5 Å². The minimum atomic E-state index is 0. The summed E-state index contributed by atoms with van der Waals surface area (Å²) in [7, 11) is 0. The molecule has 2 aromatic carbocycles. The van der Waals surface area contributed by atoms with Gasteiger partial charge in [-0.25, -0.2) is 0 Å². The molecule has 1 saturated heterocycles. The van der Waals surface area contributed by atoms with Crippen molar-refractivity contribution < 1.29 is 4.74 Å². The molecule has 3 heteroatoms. The molecule has 0 spiro atoms. The molecule has 1 aliphatic carbocycles. The molecule has 1 N–H and O–H groups in total. The van der Waals surface area contributed by atoms with Crippen molar-refractivity contribution in [3.8, 4) is 11.1 Å². The zero-order chi connectivity index (χ0) is 18.2. The van der Waals surface area contributed by atoms with Gasteiger partial charge in [-0.2, -0.15) is 0 Å². The van der Waals surface area contributed by atoms with Crippen LogP contribution in [0.5, 0.6) is 0 Å². The van der Waals surface area contributed by atoms with Gasteiger partial charge in [0.05, 0.1) is 6.10 Å². The first-order chi connectivity index (χ1) is 13.3. The van der Waals surface area contributed by atoms with Gasteiger partial charge in [-0.15, -0.1) is 12.4 Å². The fraction of sp³-hybridized carbons (Fsp3) is 0.520. The predicted octanol–water partition coefficient (Wildman–Crippen LogP) is 6.93. The van der Waals surface area contributed by atoms with Gasteiger partial charge in [0.2, 0.25) is 0 Å². The van der Waals surface area contributed by atoms with Gasteiger partial charge >= 0.3 is 0 Å². The molecule has 3 aliphatic rings. The summed E-state index contributed by atoms with van der Waals surface area (Å²) in [6.45, 7) is 3.05. The van der Waals surface area contributed by atoms with E-state index in [4.69, 9.17) is 4.74 Å². The number of ether oxygens (including phenoxy) is 1. The molecule has 0 radical (unpaired) electrons.